The molecule has 41 heavy (non-hydrogen) atoms. The van der Waals surface area contributed by atoms with Crippen molar-refractivity contribution in [2.45, 2.75) is 95.4 Å². The summed E-state index contributed by atoms with van der Waals surface area (Å²) < 4.78 is 24.7. The summed E-state index contributed by atoms with van der Waals surface area (Å²) in [6.07, 6.45) is 4.99. The minimum absolute atomic E-state index is 0.147. The molecule has 0 radical (unpaired) electrons. The van der Waals surface area contributed by atoms with Gasteiger partial charge < -0.3 is 24.1 Å². The third kappa shape index (κ3) is 2.49. The van der Waals surface area contributed by atoms with Gasteiger partial charge in [-0.1, -0.05) is 31.2 Å². The van der Waals surface area contributed by atoms with Gasteiger partial charge >= 0.3 is 17.9 Å². The fourth-order valence-electron chi connectivity index (χ4n) is 11.3. The molecule has 0 amide bonds. The zero-order valence-electron chi connectivity index (χ0n) is 24.0. The lowest BCUT2D eigenvalue weighted by Gasteiger charge is -2.46. The van der Waals surface area contributed by atoms with Crippen molar-refractivity contribution in [2.75, 3.05) is 0 Å². The summed E-state index contributed by atoms with van der Waals surface area (Å²) in [6.45, 7) is 12.9. The topological polar surface area (TPSA) is 129 Å². The van der Waals surface area contributed by atoms with Crippen molar-refractivity contribution in [1.82, 2.24) is 0 Å². The third-order valence-corrected chi connectivity index (χ3v) is 13.0. The molecule has 0 aromatic carbocycles. The molecule has 3 saturated carbocycles. The van der Waals surface area contributed by atoms with E-state index in [0.717, 1.165) is 5.57 Å². The Morgan fingerprint density at radius 2 is 1.85 bits per heavy atom. The zero-order chi connectivity index (χ0) is 29.3. The summed E-state index contributed by atoms with van der Waals surface area (Å²) in [4.78, 5) is 53.4. The summed E-state index contributed by atoms with van der Waals surface area (Å²) in [7, 11) is 0. The second kappa shape index (κ2) is 7.05. The van der Waals surface area contributed by atoms with Gasteiger partial charge in [0, 0.05) is 41.6 Å². The Kier molecular flexibility index (Phi) is 4.45. The zero-order valence-corrected chi connectivity index (χ0v) is 24.0. The van der Waals surface area contributed by atoms with Gasteiger partial charge in [-0.05, 0) is 46.1 Å². The minimum Gasteiger partial charge on any atom is -0.462 e. The van der Waals surface area contributed by atoms with Crippen LogP contribution in [0.25, 0.3) is 0 Å². The van der Waals surface area contributed by atoms with E-state index >= 15 is 0 Å². The largest absolute Gasteiger partial charge is 0.462 e. The van der Waals surface area contributed by atoms with E-state index in [1.165, 1.54) is 6.92 Å². The van der Waals surface area contributed by atoms with Crippen LogP contribution in [0.1, 0.15) is 60.3 Å². The highest BCUT2D eigenvalue weighted by Crippen LogP contribution is 2.81. The molecule has 2 bridgehead atoms. The van der Waals surface area contributed by atoms with E-state index in [0.29, 0.717) is 18.4 Å². The maximum Gasteiger partial charge on any atom is 0.334 e. The van der Waals surface area contributed by atoms with Crippen LogP contribution >= 0.6 is 0 Å². The molecule has 1 N–H and O–H groups in total. The maximum absolute atomic E-state index is 14.6. The van der Waals surface area contributed by atoms with Gasteiger partial charge in [-0.2, -0.15) is 0 Å². The summed E-state index contributed by atoms with van der Waals surface area (Å²) in [5.74, 6) is -3.32. The van der Waals surface area contributed by atoms with Crippen LogP contribution < -0.4 is 0 Å². The van der Waals surface area contributed by atoms with Crippen LogP contribution in [0.3, 0.4) is 0 Å². The van der Waals surface area contributed by atoms with E-state index < -0.39 is 87.0 Å². The van der Waals surface area contributed by atoms with Crippen molar-refractivity contribution in [3.8, 4) is 0 Å². The average molecular weight is 565 g/mol. The fraction of sp³-hybridized carbons (Fsp3) is 0.688. The number of hydrogen-bond donors (Lipinski definition) is 1. The number of fused-ring (bicyclic) bond motifs is 5. The Balaban J connectivity index is 1.35. The third-order valence-electron chi connectivity index (χ3n) is 13.0. The first-order valence-electron chi connectivity index (χ1n) is 14.7. The van der Waals surface area contributed by atoms with E-state index in [1.54, 1.807) is 6.08 Å². The lowest BCUT2D eigenvalue weighted by molar-refractivity contribution is -0.162. The van der Waals surface area contributed by atoms with E-state index in [1.807, 2.05) is 39.8 Å². The van der Waals surface area contributed by atoms with E-state index in [4.69, 9.17) is 18.9 Å². The molecule has 8 aliphatic rings. The molecule has 2 spiro atoms. The quantitative estimate of drug-likeness (QED) is 0.168. The van der Waals surface area contributed by atoms with Crippen molar-refractivity contribution >= 4 is 23.7 Å². The predicted octanol–water partition coefficient (Wildman–Crippen LogP) is 2.75. The van der Waals surface area contributed by atoms with Crippen LogP contribution in [0.2, 0.25) is 0 Å². The van der Waals surface area contributed by atoms with Gasteiger partial charge in [-0.3, -0.25) is 14.4 Å². The monoisotopic (exact) mass is 564 g/mol. The van der Waals surface area contributed by atoms with Crippen molar-refractivity contribution in [3.05, 3.63) is 36.0 Å². The Morgan fingerprint density at radius 3 is 2.56 bits per heavy atom. The first-order chi connectivity index (χ1) is 19.1. The van der Waals surface area contributed by atoms with Gasteiger partial charge in [-0.25, -0.2) is 4.79 Å². The maximum atomic E-state index is 14.6. The molecule has 9 heteroatoms. The fourth-order valence-corrected chi connectivity index (χ4v) is 11.3. The standard InChI is InChI=1S/C32H36O9/c1-14-11-19(34)32-20(14)23-21(18(38-16(3)33)12-29(32,6)41-32)31(26(36)40-23)13-30-10-9-27(31,4)24(30)22-17(7-8-28(30,5)37)15(2)25(35)39-22/h9-11,17-18,20-24,37H,2,7-8,12-13H2,1,3-6H3/t17-,18-,20+,21+,22-,23+,24-,27+,28+,29+,30-,31-,32-/m0/s1. The van der Waals surface area contributed by atoms with Gasteiger partial charge in [0.2, 0.25) is 0 Å². The molecule has 3 aliphatic heterocycles. The van der Waals surface area contributed by atoms with Gasteiger partial charge in [-0.15, -0.1) is 0 Å². The first kappa shape index (κ1) is 25.9. The van der Waals surface area contributed by atoms with Crippen LogP contribution in [0, 0.1) is 39.9 Å². The van der Waals surface area contributed by atoms with Crippen molar-refractivity contribution in [3.63, 3.8) is 0 Å². The molecule has 13 atom stereocenters. The number of rotatable bonds is 1. The Hall–Kier alpha value is -2.78. The lowest BCUT2D eigenvalue weighted by atomic mass is 9.54. The number of epoxide rings is 1. The molecule has 0 unspecified atom stereocenters. The Morgan fingerprint density at radius 1 is 1.12 bits per heavy atom. The molecular formula is C32H36O9. The molecular weight excluding hydrogens is 528 g/mol. The van der Waals surface area contributed by atoms with E-state index in [-0.39, 0.29) is 24.5 Å². The van der Waals surface area contributed by atoms with Gasteiger partial charge in [0.25, 0.3) is 0 Å². The normalized spacial score (nSPS) is 57.1. The molecule has 8 rings (SSSR count). The number of carbonyl (C=O) groups excluding carboxylic acids is 4. The van der Waals surface area contributed by atoms with Gasteiger partial charge in [0.1, 0.15) is 23.9 Å². The SMILES string of the molecule is C=C1C(=O)O[C@@H]2[C@@H]3[C@@]4(C=C[C@@]3(C)[C@]3(C4)C(=O)O[C@H]4[C@H]3[C@@H](OC(C)=O)C[C@@]3(C)O[C@]35C(=O)C=C(C)[C@H]45)[C@](C)(O)CC[C@@H]12. The van der Waals surface area contributed by atoms with E-state index in [9.17, 15) is 24.3 Å². The highest BCUT2D eigenvalue weighted by Gasteiger charge is 2.88. The second-order valence-electron chi connectivity index (χ2n) is 14.6. The Labute approximate surface area is 238 Å². The van der Waals surface area contributed by atoms with Crippen LogP contribution in [-0.2, 0) is 38.1 Å². The summed E-state index contributed by atoms with van der Waals surface area (Å²) in [6, 6.07) is 0. The molecule has 9 nitrogen and oxygen atoms in total. The molecule has 218 valence electrons. The smallest absolute Gasteiger partial charge is 0.334 e. The van der Waals surface area contributed by atoms with Crippen LogP contribution in [0.4, 0.5) is 0 Å². The van der Waals surface area contributed by atoms with Crippen molar-refractivity contribution in [2.24, 2.45) is 39.9 Å². The molecule has 0 aromatic rings. The van der Waals surface area contributed by atoms with Gasteiger partial charge in [0.05, 0.1) is 22.9 Å². The summed E-state index contributed by atoms with van der Waals surface area (Å²) in [5, 5.41) is 12.2. The number of ketones is 1. The second-order valence-corrected chi connectivity index (χ2v) is 14.6. The van der Waals surface area contributed by atoms with Crippen LogP contribution in [0.5, 0.6) is 0 Å². The highest BCUT2D eigenvalue weighted by atomic mass is 16.6. The number of esters is 3. The minimum atomic E-state index is -1.22. The van der Waals surface area contributed by atoms with Crippen LogP contribution in [0.15, 0.2) is 36.0 Å². The highest BCUT2D eigenvalue weighted by molar-refractivity contribution is 6.05. The van der Waals surface area contributed by atoms with Crippen molar-refractivity contribution in [1.29, 1.82) is 0 Å². The molecule has 0 aromatic heterocycles. The first-order valence-corrected chi connectivity index (χ1v) is 14.7. The lowest BCUT2D eigenvalue weighted by Crippen LogP contribution is -2.53. The number of allylic oxidation sites excluding steroid dienone is 1. The molecule has 6 fully saturated rings. The number of carbonyl (C=O) groups is 4. The molecule has 3 saturated heterocycles. The number of hydrogen-bond acceptors (Lipinski definition) is 9. The average Bonchev–Trinajstić information content (AvgIpc) is 3.12. The molecule has 5 aliphatic carbocycles. The summed E-state index contributed by atoms with van der Waals surface area (Å²) >= 11 is 0. The number of ether oxygens (including phenoxy) is 4. The van der Waals surface area contributed by atoms with Gasteiger partial charge in [0.15, 0.2) is 11.4 Å². The van der Waals surface area contributed by atoms with E-state index in [2.05, 4.69) is 6.58 Å². The van der Waals surface area contributed by atoms with Crippen LogP contribution in [-0.4, -0.2) is 63.9 Å². The Bertz CT molecular complexity index is 1460. The number of aliphatic hydroxyl groups is 1. The van der Waals surface area contributed by atoms with Crippen molar-refractivity contribution < 1.29 is 43.2 Å². The molecule has 3 heterocycles. The summed E-state index contributed by atoms with van der Waals surface area (Å²) in [5.41, 5.74) is -5.09. The predicted molar refractivity (Wildman–Crippen MR) is 141 cm³/mol.